The molecule has 3 N–H and O–H groups in total. The highest BCUT2D eigenvalue weighted by molar-refractivity contribution is 6.33. The quantitative estimate of drug-likeness (QED) is 0.779. The van der Waals surface area contributed by atoms with Crippen molar-refractivity contribution in [3.63, 3.8) is 0 Å². The molecule has 1 unspecified atom stereocenters. The van der Waals surface area contributed by atoms with Crippen LogP contribution in [-0.4, -0.2) is 46.3 Å². The van der Waals surface area contributed by atoms with Crippen molar-refractivity contribution in [2.75, 3.05) is 18.4 Å². The minimum Gasteiger partial charge on any atom is -0.478 e. The van der Waals surface area contributed by atoms with Crippen LogP contribution in [0.25, 0.3) is 0 Å². The van der Waals surface area contributed by atoms with Gasteiger partial charge in [0.1, 0.15) is 0 Å². The Labute approximate surface area is 121 Å². The van der Waals surface area contributed by atoms with Crippen molar-refractivity contribution in [1.82, 2.24) is 4.90 Å². The van der Waals surface area contributed by atoms with Crippen molar-refractivity contribution < 1.29 is 19.8 Å². The van der Waals surface area contributed by atoms with Crippen molar-refractivity contribution >= 4 is 29.3 Å². The van der Waals surface area contributed by atoms with E-state index < -0.39 is 12.1 Å². The van der Waals surface area contributed by atoms with E-state index in [1.165, 1.54) is 23.1 Å². The number of carbonyl (C=O) groups is 2. The van der Waals surface area contributed by atoms with E-state index in [-0.39, 0.29) is 23.2 Å². The van der Waals surface area contributed by atoms with Gasteiger partial charge in [-0.05, 0) is 31.0 Å². The van der Waals surface area contributed by atoms with Crippen LogP contribution in [-0.2, 0) is 0 Å². The third kappa shape index (κ3) is 3.40. The number of urea groups is 1. The molecule has 2 amide bonds. The second-order valence-electron chi connectivity index (χ2n) is 4.67. The van der Waals surface area contributed by atoms with Gasteiger partial charge in [-0.3, -0.25) is 0 Å². The van der Waals surface area contributed by atoms with Crippen LogP contribution in [0.5, 0.6) is 0 Å². The molecule has 6 nitrogen and oxygen atoms in total. The molecule has 108 valence electrons. The lowest BCUT2D eigenvalue weighted by atomic mass is 10.1. The molecule has 20 heavy (non-hydrogen) atoms. The molecule has 1 aliphatic heterocycles. The molecule has 1 saturated heterocycles. The second-order valence-corrected chi connectivity index (χ2v) is 5.08. The van der Waals surface area contributed by atoms with Crippen molar-refractivity contribution in [2.24, 2.45) is 0 Å². The second kappa shape index (κ2) is 6.11. The average molecular weight is 299 g/mol. The topological polar surface area (TPSA) is 89.9 Å². The highest BCUT2D eigenvalue weighted by Crippen LogP contribution is 2.21. The minimum atomic E-state index is -1.15. The van der Waals surface area contributed by atoms with E-state index in [4.69, 9.17) is 16.7 Å². The lowest BCUT2D eigenvalue weighted by Crippen LogP contribution is -2.44. The number of nitrogens with zero attached hydrogens (tertiary/aromatic N) is 1. The maximum Gasteiger partial charge on any atom is 0.337 e. The monoisotopic (exact) mass is 298 g/mol. The Morgan fingerprint density at radius 2 is 2.15 bits per heavy atom. The van der Waals surface area contributed by atoms with Crippen LogP contribution in [0.4, 0.5) is 10.5 Å². The molecular formula is C13H15ClN2O4. The van der Waals surface area contributed by atoms with Gasteiger partial charge >= 0.3 is 12.0 Å². The highest BCUT2D eigenvalue weighted by Gasteiger charge is 2.22. The van der Waals surface area contributed by atoms with Crippen LogP contribution in [0, 0.1) is 0 Å². The van der Waals surface area contributed by atoms with Gasteiger partial charge in [0, 0.05) is 18.8 Å². The summed E-state index contributed by atoms with van der Waals surface area (Å²) in [6.07, 6.45) is 0.929. The van der Waals surface area contributed by atoms with Gasteiger partial charge in [-0.15, -0.1) is 0 Å². The van der Waals surface area contributed by atoms with Crippen molar-refractivity contribution in [3.8, 4) is 0 Å². The standard InChI is InChI=1S/C13H15ClN2O4/c14-11-4-3-8(6-10(11)12(18)19)15-13(20)16-5-1-2-9(17)7-16/h3-4,6,9,17H,1-2,5,7H2,(H,15,20)(H,18,19). The molecule has 0 bridgehead atoms. The Balaban J connectivity index is 2.07. The van der Waals surface area contributed by atoms with E-state index in [9.17, 15) is 14.7 Å². The zero-order chi connectivity index (χ0) is 14.7. The number of β-amino-alcohol motifs (C(OH)–C–C–N with tert-alkyl or cyclic N) is 1. The molecule has 1 fully saturated rings. The lowest BCUT2D eigenvalue weighted by Gasteiger charge is -2.30. The third-order valence-corrected chi connectivity index (χ3v) is 3.46. The van der Waals surface area contributed by atoms with Crippen LogP contribution >= 0.6 is 11.6 Å². The van der Waals surface area contributed by atoms with Gasteiger partial charge in [-0.1, -0.05) is 11.6 Å². The fourth-order valence-corrected chi connectivity index (χ4v) is 2.31. The van der Waals surface area contributed by atoms with Gasteiger partial charge in [-0.25, -0.2) is 9.59 Å². The first-order chi connectivity index (χ1) is 9.47. The number of carboxylic acids is 1. The number of hydrogen-bond donors (Lipinski definition) is 3. The Hall–Kier alpha value is -1.79. The van der Waals surface area contributed by atoms with Gasteiger partial charge in [0.15, 0.2) is 0 Å². The van der Waals surface area contributed by atoms with Gasteiger partial charge < -0.3 is 20.4 Å². The number of nitrogens with one attached hydrogen (secondary N) is 1. The molecule has 0 aromatic heterocycles. The number of piperidine rings is 1. The fraction of sp³-hybridized carbons (Fsp3) is 0.385. The van der Waals surface area contributed by atoms with Crippen LogP contribution in [0.15, 0.2) is 18.2 Å². The Kier molecular flexibility index (Phi) is 4.46. The van der Waals surface area contributed by atoms with E-state index in [2.05, 4.69) is 5.32 Å². The number of hydrogen-bond acceptors (Lipinski definition) is 3. The number of amides is 2. The number of aliphatic hydroxyl groups is 1. The molecule has 1 aromatic carbocycles. The summed E-state index contributed by atoms with van der Waals surface area (Å²) in [5.41, 5.74) is 0.292. The van der Waals surface area contributed by atoms with E-state index in [1.54, 1.807) is 0 Å². The predicted octanol–water partition coefficient (Wildman–Crippen LogP) is 2.03. The molecule has 1 atom stereocenters. The summed E-state index contributed by atoms with van der Waals surface area (Å²) in [6, 6.07) is 3.91. The smallest absolute Gasteiger partial charge is 0.337 e. The maximum atomic E-state index is 12.0. The van der Waals surface area contributed by atoms with Crippen molar-refractivity contribution in [1.29, 1.82) is 0 Å². The number of aliphatic hydroxyl groups excluding tert-OH is 1. The highest BCUT2D eigenvalue weighted by atomic mass is 35.5. The van der Waals surface area contributed by atoms with Crippen LogP contribution < -0.4 is 5.32 Å². The molecule has 0 aliphatic carbocycles. The number of likely N-dealkylation sites (tertiary alicyclic amines) is 1. The summed E-state index contributed by atoms with van der Waals surface area (Å²) >= 11 is 5.76. The van der Waals surface area contributed by atoms with E-state index >= 15 is 0 Å². The zero-order valence-electron chi connectivity index (χ0n) is 10.7. The molecule has 0 saturated carbocycles. The largest absolute Gasteiger partial charge is 0.478 e. The summed E-state index contributed by atoms with van der Waals surface area (Å²) < 4.78 is 0. The SMILES string of the molecule is O=C(O)c1cc(NC(=O)N2CCCC(O)C2)ccc1Cl. The molecule has 1 heterocycles. The van der Waals surface area contributed by atoms with E-state index in [1.807, 2.05) is 0 Å². The first kappa shape index (κ1) is 14.6. The summed E-state index contributed by atoms with van der Waals surface area (Å²) in [5, 5.41) is 21.2. The minimum absolute atomic E-state index is 0.0665. The average Bonchev–Trinajstić information content (AvgIpc) is 2.40. The Morgan fingerprint density at radius 3 is 2.80 bits per heavy atom. The first-order valence-electron chi connectivity index (χ1n) is 6.24. The molecular weight excluding hydrogens is 284 g/mol. The van der Waals surface area contributed by atoms with E-state index in [0.29, 0.717) is 18.7 Å². The Morgan fingerprint density at radius 1 is 1.40 bits per heavy atom. The predicted molar refractivity (Wildman–Crippen MR) is 74.2 cm³/mol. The normalized spacial score (nSPS) is 18.7. The maximum absolute atomic E-state index is 12.0. The molecule has 7 heteroatoms. The first-order valence-corrected chi connectivity index (χ1v) is 6.62. The van der Waals surface area contributed by atoms with Gasteiger partial charge in [0.05, 0.1) is 16.7 Å². The van der Waals surface area contributed by atoms with Gasteiger partial charge in [-0.2, -0.15) is 0 Å². The van der Waals surface area contributed by atoms with Crippen molar-refractivity contribution in [3.05, 3.63) is 28.8 Å². The zero-order valence-corrected chi connectivity index (χ0v) is 11.4. The summed E-state index contributed by atoms with van der Waals surface area (Å²) in [7, 11) is 0. The molecule has 2 rings (SSSR count). The van der Waals surface area contributed by atoms with E-state index in [0.717, 1.165) is 6.42 Å². The number of carbonyl (C=O) groups excluding carboxylic acids is 1. The number of halogens is 1. The molecule has 1 aromatic rings. The van der Waals surface area contributed by atoms with Gasteiger partial charge in [0.25, 0.3) is 0 Å². The summed E-state index contributed by atoms with van der Waals surface area (Å²) in [5.74, 6) is -1.15. The number of anilines is 1. The molecule has 1 aliphatic rings. The summed E-state index contributed by atoms with van der Waals surface area (Å²) in [4.78, 5) is 24.5. The lowest BCUT2D eigenvalue weighted by molar-refractivity contribution is 0.0697. The van der Waals surface area contributed by atoms with Crippen LogP contribution in [0.3, 0.4) is 0 Å². The number of aromatic carboxylic acids is 1. The van der Waals surface area contributed by atoms with Crippen LogP contribution in [0.1, 0.15) is 23.2 Å². The Bertz CT molecular complexity index is 535. The fourth-order valence-electron chi connectivity index (χ4n) is 2.11. The van der Waals surface area contributed by atoms with Crippen LogP contribution in [0.2, 0.25) is 5.02 Å². The molecule has 0 spiro atoms. The van der Waals surface area contributed by atoms with Gasteiger partial charge in [0.2, 0.25) is 0 Å². The molecule has 0 radical (unpaired) electrons. The number of benzene rings is 1. The number of carboxylic acid groups (broad SMARTS) is 1. The summed E-state index contributed by atoms with van der Waals surface area (Å²) in [6.45, 7) is 0.855. The number of rotatable bonds is 2. The van der Waals surface area contributed by atoms with Crippen molar-refractivity contribution in [2.45, 2.75) is 18.9 Å². The third-order valence-electron chi connectivity index (χ3n) is 3.13.